The normalized spacial score (nSPS) is 11.4. The molecule has 2 amide bonds. The zero-order valence-electron chi connectivity index (χ0n) is 62.8. The molecule has 120 heavy (non-hydrogen) atoms. The van der Waals surface area contributed by atoms with Gasteiger partial charge in [0.15, 0.2) is 86.2 Å². The Hall–Kier alpha value is -14.5. The molecule has 0 saturated heterocycles. The fourth-order valence-electron chi connectivity index (χ4n) is 11.1. The lowest BCUT2D eigenvalue weighted by atomic mass is 10.2. The minimum Gasteiger partial charge on any atom is -0.497 e. The quantitative estimate of drug-likeness (QED) is 0.0329. The molecule has 0 bridgehead atoms. The van der Waals surface area contributed by atoms with Gasteiger partial charge in [0.25, 0.3) is 0 Å². The smallest absolute Gasteiger partial charge is 0.433 e. The zero-order chi connectivity index (χ0) is 86.2. The zero-order valence-corrected chi connectivity index (χ0v) is 64.3. The Balaban J connectivity index is 0.000000157. The van der Waals surface area contributed by atoms with E-state index in [-0.39, 0.29) is 119 Å². The molecule has 0 spiro atoms. The number of nitrogen functional groups attached to an aromatic ring is 1. The molecule has 0 fully saturated rings. The number of fused-ring (bicyclic) bond motifs is 3. The number of pyridine rings is 7. The largest absolute Gasteiger partial charge is 0.497 e. The number of amides is 2. The highest BCUT2D eigenvalue weighted by Gasteiger charge is 2.36. The third kappa shape index (κ3) is 20.7. The number of methoxy groups -OCH3 is 2. The van der Waals surface area contributed by atoms with E-state index in [9.17, 15) is 66.7 Å². The average Bonchev–Trinajstić information content (AvgIpc) is 1.59. The number of carbonyl (C=O) groups excluding carboxylic acids is 2. The van der Waals surface area contributed by atoms with Crippen LogP contribution in [0, 0.1) is 44.0 Å². The van der Waals surface area contributed by atoms with Crippen molar-refractivity contribution in [3.8, 4) is 46.1 Å². The molecule has 0 aliphatic rings. The van der Waals surface area contributed by atoms with Crippen molar-refractivity contribution in [3.05, 3.63) is 231 Å². The number of aromatic nitrogens is 19. The molecule has 8 N–H and O–H groups in total. The van der Waals surface area contributed by atoms with E-state index in [1.54, 1.807) is 68.4 Å². The molecule has 616 valence electrons. The van der Waals surface area contributed by atoms with Crippen LogP contribution in [-0.2, 0) is 41.2 Å². The molecule has 0 unspecified atom stereocenters. The summed E-state index contributed by atoms with van der Waals surface area (Å²) in [5.41, 5.74) is 4.52. The monoisotopic (exact) mass is 1700 g/mol. The van der Waals surface area contributed by atoms with Gasteiger partial charge < -0.3 is 55.9 Å². The molecule has 0 radical (unpaired) electrons. The summed E-state index contributed by atoms with van der Waals surface area (Å²) < 4.78 is 189. The van der Waals surface area contributed by atoms with Gasteiger partial charge in [0.2, 0.25) is 11.8 Å². The highest BCUT2D eigenvalue weighted by atomic mass is 35.5. The standard InChI is InChI=1S/C27H22F4N8O2.C25H18ClF4N7O.C19H14F4N8O.C5H4ClFN2/c1-14-33-23-25(36-20-11-22(34-15(2)40)32-12-18(20)28)37-24(19-5-4-6-21(35-19)27(29,30)31)38-26(23)39(14)13-16-7-9-17(41-3)10-8-16;1-13-32-21-23(34-18-10-20(26)31-11-16(18)27)35-22(17-4-3-5-19(33-17)25(28,29)30)36-24(21)37(13)12-14-6-8-15(38-2)9-7-14;1-8-25-15-17(26-8)30-16(11-4-3-5-13(28-11)19(21,22)23)31-18(15)29-12-6-14(27-9(2)32)24-7-10(12)20;6-5-1-4(8)3(7)2-9-5/h4-12H,13H2,1-3H3,(H2,32,34,36,37,38,40);3-11H,12H2,1-2H3,(H,31,34,35,36);3-7H,1-2H3,(H3,24,25,26,27,29,30,31,32);1-2H,(H2,8,9). The minimum absolute atomic E-state index is 0.0136. The number of nitrogens with zero attached hydrogens (tertiary/aromatic N) is 18. The Morgan fingerprint density at radius 3 is 1.20 bits per heavy atom. The second-order valence-electron chi connectivity index (χ2n) is 25.3. The van der Waals surface area contributed by atoms with Gasteiger partial charge in [-0.15, -0.1) is 0 Å². The Morgan fingerprint density at radius 2 is 0.817 bits per heavy atom. The number of ether oxygens (including phenoxy) is 2. The number of nitrogens with two attached hydrogens (primary N) is 1. The van der Waals surface area contributed by atoms with Crippen molar-refractivity contribution < 1.29 is 76.1 Å². The van der Waals surface area contributed by atoms with Gasteiger partial charge in [0.1, 0.15) is 90.6 Å². The van der Waals surface area contributed by atoms with Crippen LogP contribution in [0.4, 0.5) is 109 Å². The van der Waals surface area contributed by atoms with Gasteiger partial charge in [-0.05, 0) is 92.6 Å². The molecule has 0 atom stereocenters. The number of benzene rings is 2. The average molecular weight is 1700 g/mol. The lowest BCUT2D eigenvalue weighted by Crippen LogP contribution is -2.10. The summed E-state index contributed by atoms with van der Waals surface area (Å²) in [6.07, 6.45) is -10.3. The van der Waals surface area contributed by atoms with Crippen LogP contribution in [0.1, 0.15) is 59.5 Å². The number of alkyl halides is 9. The number of anilines is 9. The third-order valence-corrected chi connectivity index (χ3v) is 17.0. The second-order valence-corrected chi connectivity index (χ2v) is 26.1. The van der Waals surface area contributed by atoms with Gasteiger partial charge in [-0.3, -0.25) is 9.59 Å². The molecule has 29 nitrogen and oxygen atoms in total. The number of rotatable bonds is 17. The predicted molar refractivity (Wildman–Crippen MR) is 415 cm³/mol. The third-order valence-electron chi connectivity index (χ3n) is 16.6. The first kappa shape index (κ1) is 84.9. The molecule has 15 aromatic rings. The first-order valence-corrected chi connectivity index (χ1v) is 35.4. The Kier molecular flexibility index (Phi) is 25.2. The molecule has 0 aliphatic carbocycles. The van der Waals surface area contributed by atoms with E-state index in [1.165, 1.54) is 74.5 Å². The van der Waals surface area contributed by atoms with Gasteiger partial charge in [-0.1, -0.05) is 65.7 Å². The highest BCUT2D eigenvalue weighted by Crippen LogP contribution is 2.37. The van der Waals surface area contributed by atoms with Crippen LogP contribution in [0.3, 0.4) is 0 Å². The number of carbonyl (C=O) groups is 2. The summed E-state index contributed by atoms with van der Waals surface area (Å²) in [5, 5.41) is 13.6. The number of hydrogen-bond acceptors (Lipinski definition) is 24. The van der Waals surface area contributed by atoms with Crippen molar-refractivity contribution in [2.75, 3.05) is 46.5 Å². The van der Waals surface area contributed by atoms with E-state index in [1.807, 2.05) is 24.3 Å². The van der Waals surface area contributed by atoms with E-state index in [2.05, 4.69) is 111 Å². The first-order valence-electron chi connectivity index (χ1n) is 34.6. The maximum Gasteiger partial charge on any atom is 0.433 e. The number of halogens is 15. The van der Waals surface area contributed by atoms with Gasteiger partial charge in [0.05, 0.1) is 74.8 Å². The number of imidazole rings is 3. The topological polar surface area (TPSA) is 371 Å². The van der Waals surface area contributed by atoms with E-state index in [4.69, 9.17) is 38.4 Å². The molecule has 13 aromatic heterocycles. The number of H-pyrrole nitrogens is 1. The molecule has 13 heterocycles. The molecular formula is C76H58Cl2F13N25O4. The van der Waals surface area contributed by atoms with Crippen LogP contribution >= 0.6 is 23.2 Å². The molecule has 2 aromatic carbocycles. The lowest BCUT2D eigenvalue weighted by molar-refractivity contribution is -0.141. The van der Waals surface area contributed by atoms with Crippen molar-refractivity contribution in [1.29, 1.82) is 0 Å². The molecule has 15 rings (SSSR count). The Bertz CT molecular complexity index is 6340. The predicted octanol–water partition coefficient (Wildman–Crippen LogP) is 17.1. The minimum atomic E-state index is -4.69. The maximum absolute atomic E-state index is 14.8. The van der Waals surface area contributed by atoms with Crippen LogP contribution in [-0.4, -0.2) is 120 Å². The molecule has 0 saturated carbocycles. The van der Waals surface area contributed by atoms with Crippen molar-refractivity contribution in [1.82, 2.24) is 93.9 Å². The second kappa shape index (κ2) is 35.6. The Labute approximate surface area is 677 Å². The van der Waals surface area contributed by atoms with Crippen molar-refractivity contribution in [3.63, 3.8) is 0 Å². The van der Waals surface area contributed by atoms with Crippen LogP contribution < -0.4 is 41.8 Å². The number of aryl methyl sites for hydroxylation is 3. The van der Waals surface area contributed by atoms with E-state index >= 15 is 0 Å². The van der Waals surface area contributed by atoms with Crippen LogP contribution in [0.25, 0.3) is 68.0 Å². The van der Waals surface area contributed by atoms with Gasteiger partial charge in [0, 0.05) is 38.1 Å². The van der Waals surface area contributed by atoms with E-state index in [0.717, 1.165) is 54.1 Å². The summed E-state index contributed by atoms with van der Waals surface area (Å²) in [5.74, 6) is -0.801. The maximum atomic E-state index is 14.8. The summed E-state index contributed by atoms with van der Waals surface area (Å²) in [6, 6.07) is 29.8. The van der Waals surface area contributed by atoms with Crippen LogP contribution in [0.2, 0.25) is 10.3 Å². The van der Waals surface area contributed by atoms with Crippen molar-refractivity contribution >= 4 is 120 Å². The van der Waals surface area contributed by atoms with Crippen LogP contribution in [0.15, 0.2) is 152 Å². The molecular weight excluding hydrogens is 1640 g/mol. The van der Waals surface area contributed by atoms with Crippen LogP contribution in [0.5, 0.6) is 11.5 Å². The fraction of sp³-hybridized carbons (Fsp3) is 0.158. The summed E-state index contributed by atoms with van der Waals surface area (Å²) in [4.78, 5) is 91.0. The van der Waals surface area contributed by atoms with Gasteiger partial charge in [-0.2, -0.15) is 39.5 Å². The highest BCUT2D eigenvalue weighted by molar-refractivity contribution is 6.30. The van der Waals surface area contributed by atoms with Crippen molar-refractivity contribution in [2.24, 2.45) is 0 Å². The van der Waals surface area contributed by atoms with Gasteiger partial charge in [-0.25, -0.2) is 97.3 Å². The lowest BCUT2D eigenvalue weighted by Gasteiger charge is -2.12. The van der Waals surface area contributed by atoms with Crippen molar-refractivity contribution in [2.45, 2.75) is 66.2 Å². The molecule has 44 heteroatoms. The Morgan fingerprint density at radius 1 is 0.450 bits per heavy atom. The fourth-order valence-corrected chi connectivity index (χ4v) is 11.4. The van der Waals surface area contributed by atoms with E-state index in [0.29, 0.717) is 53.2 Å². The number of aromatic amines is 1. The first-order chi connectivity index (χ1) is 56.9. The molecule has 0 aliphatic heterocycles. The number of nitrogens with one attached hydrogen (secondary N) is 6. The van der Waals surface area contributed by atoms with Gasteiger partial charge >= 0.3 is 18.5 Å². The SMILES string of the molecule is CC(=O)Nc1cc(Nc2nc(-c3cccc(C(F)(F)F)n3)nc3nc(C)[nH]c23)c(F)cn1.COc1ccc(Cn2c(C)nc3c(Nc4cc(Cl)ncc4F)nc(-c4cccc(C(F)(F)F)n4)nc32)cc1.COc1ccc(Cn2c(C)nc3c(Nc4cc(NC(C)=O)ncc4F)nc(-c4cccc(C(F)(F)F)n4)nc32)cc1.Nc1cc(Cl)ncc1F. The summed E-state index contributed by atoms with van der Waals surface area (Å²) in [7, 11) is 3.12. The summed E-state index contributed by atoms with van der Waals surface area (Å²) in [6.45, 7) is 8.34. The van der Waals surface area contributed by atoms with E-state index < -0.39 is 70.7 Å². The number of hydrogen-bond donors (Lipinski definition) is 7. The summed E-state index contributed by atoms with van der Waals surface area (Å²) >= 11 is 11.3.